The molecule has 1 N–H and O–H groups in total. The molecule has 0 aromatic rings. The molecule has 2 atom stereocenters. The van der Waals surface area contributed by atoms with Gasteiger partial charge >= 0.3 is 0 Å². The molecule has 2 nitrogen and oxygen atoms in total. The van der Waals surface area contributed by atoms with Crippen LogP contribution in [-0.2, 0) is 4.79 Å². The van der Waals surface area contributed by atoms with Crippen molar-refractivity contribution < 1.29 is 4.79 Å². The molecular formula is C39H75NO. The van der Waals surface area contributed by atoms with E-state index in [9.17, 15) is 4.79 Å². The average Bonchev–Trinajstić information content (AvgIpc) is 2.96. The van der Waals surface area contributed by atoms with Crippen molar-refractivity contribution in [1.29, 1.82) is 0 Å². The SMILES string of the molecule is CCCCCCCC/C=C\CCCCCCCC(=O)NC(C)C(C)CCCCCCC/C=C\CCCCCCCC. The maximum atomic E-state index is 12.4. The number of hydrogen-bond acceptors (Lipinski definition) is 1. The fourth-order valence-electron chi connectivity index (χ4n) is 5.61. The molecule has 2 heteroatoms. The lowest BCUT2D eigenvalue weighted by Crippen LogP contribution is -2.36. The fraction of sp³-hybridized carbons (Fsp3) is 0.872. The van der Waals surface area contributed by atoms with E-state index >= 15 is 0 Å². The summed E-state index contributed by atoms with van der Waals surface area (Å²) in [7, 11) is 0. The summed E-state index contributed by atoms with van der Waals surface area (Å²) in [6.45, 7) is 9.07. The highest BCUT2D eigenvalue weighted by molar-refractivity contribution is 5.76. The van der Waals surface area contributed by atoms with Crippen LogP contribution in [0.3, 0.4) is 0 Å². The Balaban J connectivity index is 3.48. The highest BCUT2D eigenvalue weighted by Crippen LogP contribution is 2.16. The van der Waals surface area contributed by atoms with E-state index < -0.39 is 0 Å². The Kier molecular flexibility index (Phi) is 32.6. The minimum atomic E-state index is 0.256. The van der Waals surface area contributed by atoms with Gasteiger partial charge in [-0.25, -0.2) is 0 Å². The summed E-state index contributed by atoms with van der Waals surface area (Å²) in [5.74, 6) is 0.824. The van der Waals surface area contributed by atoms with E-state index in [0.29, 0.717) is 18.4 Å². The van der Waals surface area contributed by atoms with Gasteiger partial charge in [0.15, 0.2) is 0 Å². The molecule has 0 bridgehead atoms. The largest absolute Gasteiger partial charge is 0.353 e. The molecule has 242 valence electrons. The van der Waals surface area contributed by atoms with Gasteiger partial charge in [-0.05, 0) is 77.0 Å². The van der Waals surface area contributed by atoms with E-state index in [1.165, 1.54) is 167 Å². The van der Waals surface area contributed by atoms with Crippen molar-refractivity contribution in [2.45, 2.75) is 214 Å². The molecule has 0 saturated carbocycles. The molecule has 2 unspecified atom stereocenters. The van der Waals surface area contributed by atoms with Crippen LogP contribution in [0.5, 0.6) is 0 Å². The lowest BCUT2D eigenvalue weighted by molar-refractivity contribution is -0.122. The highest BCUT2D eigenvalue weighted by atomic mass is 16.1. The summed E-state index contributed by atoms with van der Waals surface area (Å²) in [6.07, 6.45) is 46.0. The third-order valence-corrected chi connectivity index (χ3v) is 8.83. The first-order chi connectivity index (χ1) is 20.1. The van der Waals surface area contributed by atoms with Crippen LogP contribution in [0, 0.1) is 5.92 Å². The molecule has 0 rings (SSSR count). The third-order valence-electron chi connectivity index (χ3n) is 8.83. The maximum absolute atomic E-state index is 12.4. The lowest BCUT2D eigenvalue weighted by Gasteiger charge is -2.21. The number of nitrogens with one attached hydrogen (secondary N) is 1. The zero-order valence-corrected chi connectivity index (χ0v) is 28.7. The Hall–Kier alpha value is -1.05. The molecule has 0 aliphatic carbocycles. The third kappa shape index (κ3) is 31.7. The van der Waals surface area contributed by atoms with E-state index in [2.05, 4.69) is 57.3 Å². The Labute approximate surface area is 259 Å². The maximum Gasteiger partial charge on any atom is 0.220 e. The molecular weight excluding hydrogens is 498 g/mol. The van der Waals surface area contributed by atoms with Gasteiger partial charge in [0, 0.05) is 12.5 Å². The van der Waals surface area contributed by atoms with E-state index in [-0.39, 0.29) is 5.91 Å². The Morgan fingerprint density at radius 3 is 1.24 bits per heavy atom. The zero-order valence-electron chi connectivity index (χ0n) is 28.7. The van der Waals surface area contributed by atoms with Crippen LogP contribution in [0.1, 0.15) is 207 Å². The van der Waals surface area contributed by atoms with Gasteiger partial charge in [0.05, 0.1) is 0 Å². The Morgan fingerprint density at radius 2 is 0.829 bits per heavy atom. The van der Waals surface area contributed by atoms with Crippen molar-refractivity contribution in [2.24, 2.45) is 5.92 Å². The van der Waals surface area contributed by atoms with Crippen molar-refractivity contribution in [3.8, 4) is 0 Å². The Bertz CT molecular complexity index is 580. The molecule has 0 aliphatic rings. The van der Waals surface area contributed by atoms with Crippen LogP contribution >= 0.6 is 0 Å². The van der Waals surface area contributed by atoms with Crippen molar-refractivity contribution in [2.75, 3.05) is 0 Å². The average molecular weight is 574 g/mol. The number of carbonyl (C=O) groups is 1. The van der Waals surface area contributed by atoms with Gasteiger partial charge in [0.2, 0.25) is 5.91 Å². The van der Waals surface area contributed by atoms with Gasteiger partial charge in [-0.2, -0.15) is 0 Å². The van der Waals surface area contributed by atoms with Crippen molar-refractivity contribution in [3.05, 3.63) is 24.3 Å². The molecule has 1 amide bonds. The van der Waals surface area contributed by atoms with Crippen LogP contribution in [0.4, 0.5) is 0 Å². The minimum absolute atomic E-state index is 0.256. The standard InChI is InChI=1S/C39H75NO/c1-5-7-9-11-13-15-17-19-21-23-25-27-29-31-33-35-37(3)38(4)40-39(41)36-34-32-30-28-26-24-22-20-18-16-14-12-10-8-6-2/h19-22,37-38H,5-18,23-36H2,1-4H3,(H,40,41)/b21-19-,22-20-. The van der Waals surface area contributed by atoms with Crippen LogP contribution < -0.4 is 5.32 Å². The molecule has 0 saturated heterocycles. The van der Waals surface area contributed by atoms with E-state index in [1.54, 1.807) is 0 Å². The number of unbranched alkanes of at least 4 members (excludes halogenated alkanes) is 22. The molecule has 0 spiro atoms. The van der Waals surface area contributed by atoms with Crippen LogP contribution in [0.2, 0.25) is 0 Å². The fourth-order valence-corrected chi connectivity index (χ4v) is 5.61. The molecule has 0 aliphatic heterocycles. The first-order valence-electron chi connectivity index (χ1n) is 18.7. The van der Waals surface area contributed by atoms with Gasteiger partial charge in [0.1, 0.15) is 0 Å². The van der Waals surface area contributed by atoms with Crippen molar-refractivity contribution in [3.63, 3.8) is 0 Å². The van der Waals surface area contributed by atoms with Crippen LogP contribution in [0.25, 0.3) is 0 Å². The molecule has 0 heterocycles. The number of carbonyl (C=O) groups excluding carboxylic acids is 1. The highest BCUT2D eigenvalue weighted by Gasteiger charge is 2.14. The normalized spacial score (nSPS) is 13.4. The summed E-state index contributed by atoms with van der Waals surface area (Å²) in [5.41, 5.74) is 0. The molecule has 0 radical (unpaired) electrons. The second kappa shape index (κ2) is 33.5. The summed E-state index contributed by atoms with van der Waals surface area (Å²) in [6, 6.07) is 0.294. The number of hydrogen-bond donors (Lipinski definition) is 1. The van der Waals surface area contributed by atoms with Gasteiger partial charge < -0.3 is 5.32 Å². The first kappa shape index (κ1) is 40.0. The lowest BCUT2D eigenvalue weighted by atomic mass is 9.95. The summed E-state index contributed by atoms with van der Waals surface area (Å²) >= 11 is 0. The monoisotopic (exact) mass is 574 g/mol. The number of allylic oxidation sites excluding steroid dienone is 4. The molecule has 0 aromatic heterocycles. The predicted octanol–water partition coefficient (Wildman–Crippen LogP) is 13.2. The summed E-state index contributed by atoms with van der Waals surface area (Å²) in [5, 5.41) is 3.28. The van der Waals surface area contributed by atoms with E-state index in [1.807, 2.05) is 0 Å². The topological polar surface area (TPSA) is 29.1 Å². The zero-order chi connectivity index (χ0) is 30.1. The van der Waals surface area contributed by atoms with Crippen molar-refractivity contribution in [1.82, 2.24) is 5.32 Å². The Morgan fingerprint density at radius 1 is 0.488 bits per heavy atom. The van der Waals surface area contributed by atoms with Gasteiger partial charge in [-0.15, -0.1) is 0 Å². The van der Waals surface area contributed by atoms with Crippen LogP contribution in [0.15, 0.2) is 24.3 Å². The minimum Gasteiger partial charge on any atom is -0.353 e. The van der Waals surface area contributed by atoms with Gasteiger partial charge in [0.25, 0.3) is 0 Å². The second-order valence-electron chi connectivity index (χ2n) is 13.0. The second-order valence-corrected chi connectivity index (χ2v) is 13.0. The van der Waals surface area contributed by atoms with Crippen LogP contribution in [-0.4, -0.2) is 11.9 Å². The smallest absolute Gasteiger partial charge is 0.220 e. The van der Waals surface area contributed by atoms with Gasteiger partial charge in [-0.3, -0.25) is 4.79 Å². The molecule has 41 heavy (non-hydrogen) atoms. The summed E-state index contributed by atoms with van der Waals surface area (Å²) in [4.78, 5) is 12.4. The predicted molar refractivity (Wildman–Crippen MR) is 186 cm³/mol. The van der Waals surface area contributed by atoms with E-state index in [4.69, 9.17) is 0 Å². The van der Waals surface area contributed by atoms with Gasteiger partial charge in [-0.1, -0.05) is 154 Å². The molecule has 0 aromatic carbocycles. The number of rotatable bonds is 32. The van der Waals surface area contributed by atoms with Crippen molar-refractivity contribution >= 4 is 5.91 Å². The molecule has 0 fully saturated rings. The van der Waals surface area contributed by atoms with E-state index in [0.717, 1.165) is 6.42 Å². The first-order valence-corrected chi connectivity index (χ1v) is 18.7. The number of amides is 1. The quantitative estimate of drug-likeness (QED) is 0.0629. The summed E-state index contributed by atoms with van der Waals surface area (Å²) < 4.78 is 0.